The lowest BCUT2D eigenvalue weighted by Gasteiger charge is -2.08. The van der Waals surface area contributed by atoms with Gasteiger partial charge >= 0.3 is 5.97 Å². The normalized spacial score (nSPS) is 12.6. The summed E-state index contributed by atoms with van der Waals surface area (Å²) in [5, 5.41) is 0. The quantitative estimate of drug-likeness (QED) is 0.364. The third kappa shape index (κ3) is 5.16. The van der Waals surface area contributed by atoms with E-state index in [1.54, 1.807) is 6.92 Å². The minimum atomic E-state index is -0.475. The Labute approximate surface area is 69.7 Å². The number of unbranched alkanes of at least 4 members (excludes halogenated alkanes) is 1. The fourth-order valence-corrected chi connectivity index (χ4v) is 0.601. The van der Waals surface area contributed by atoms with Gasteiger partial charge in [-0.25, -0.2) is 4.79 Å². The third-order valence-electron chi connectivity index (χ3n) is 1.28. The Kier molecular flexibility index (Phi) is 6.48. The molecule has 4 heteroatoms. The molecule has 0 radical (unpaired) electrons. The first kappa shape index (κ1) is 10.9. The lowest BCUT2D eigenvalue weighted by Crippen LogP contribution is -2.20. The van der Waals surface area contributed by atoms with Gasteiger partial charge in [0.15, 0.2) is 6.10 Å². The number of carbonyl (C=O) groups is 1. The Morgan fingerprint density at radius 1 is 1.64 bits per heavy atom. The van der Waals surface area contributed by atoms with E-state index in [0.29, 0.717) is 6.61 Å². The lowest BCUT2D eigenvalue weighted by atomic mass is 10.3. The summed E-state index contributed by atoms with van der Waals surface area (Å²) >= 11 is 0. The van der Waals surface area contributed by atoms with E-state index in [-0.39, 0.29) is 5.97 Å². The molecular weight excluding hydrogens is 163 g/mol. The van der Waals surface area contributed by atoms with E-state index < -0.39 is 6.10 Å². The smallest absolute Gasteiger partial charge is 0.335 e. The molecule has 0 N–H and O–H groups in total. The van der Waals surface area contributed by atoms with Crippen molar-refractivity contribution in [2.45, 2.75) is 32.8 Å². The highest BCUT2D eigenvalue weighted by Gasteiger charge is 2.11. The highest BCUT2D eigenvalue weighted by molar-refractivity contribution is 7.09. The average Bonchev–Trinajstić information content (AvgIpc) is 2.03. The minimum absolute atomic E-state index is 0.298. The van der Waals surface area contributed by atoms with Crippen LogP contribution in [-0.4, -0.2) is 18.7 Å². The van der Waals surface area contributed by atoms with Crippen molar-refractivity contribution in [2.75, 3.05) is 6.61 Å². The van der Waals surface area contributed by atoms with Gasteiger partial charge in [-0.3, -0.25) is 0 Å². The molecule has 2 atom stereocenters. The maximum absolute atomic E-state index is 10.9. The van der Waals surface area contributed by atoms with Gasteiger partial charge in [0.25, 0.3) is 0 Å². The third-order valence-corrected chi connectivity index (χ3v) is 1.69. The second-order valence-electron chi connectivity index (χ2n) is 2.30. The van der Waals surface area contributed by atoms with Gasteiger partial charge in [-0.15, -0.1) is 0 Å². The molecule has 0 aliphatic rings. The van der Waals surface area contributed by atoms with E-state index in [1.165, 1.54) is 0 Å². The highest BCUT2D eigenvalue weighted by atomic mass is 31.0. The molecule has 0 fully saturated rings. The van der Waals surface area contributed by atoms with Crippen LogP contribution in [0.4, 0.5) is 0 Å². The molecule has 0 rings (SSSR count). The first-order chi connectivity index (χ1) is 5.22. The Bertz CT molecular complexity index is 116. The zero-order chi connectivity index (χ0) is 8.69. The molecule has 0 saturated heterocycles. The summed E-state index contributed by atoms with van der Waals surface area (Å²) in [6.45, 7) is 4.19. The van der Waals surface area contributed by atoms with Crippen LogP contribution in [-0.2, 0) is 14.1 Å². The summed E-state index contributed by atoms with van der Waals surface area (Å²) < 4.78 is 9.54. The number of hydrogen-bond acceptors (Lipinski definition) is 3. The van der Waals surface area contributed by atoms with Crippen molar-refractivity contribution in [1.29, 1.82) is 0 Å². The monoisotopic (exact) mass is 178 g/mol. The zero-order valence-corrected chi connectivity index (χ0v) is 8.16. The number of rotatable bonds is 5. The van der Waals surface area contributed by atoms with Gasteiger partial charge in [0.2, 0.25) is 0 Å². The van der Waals surface area contributed by atoms with Crippen molar-refractivity contribution in [3.63, 3.8) is 0 Å². The van der Waals surface area contributed by atoms with Gasteiger partial charge in [-0.1, -0.05) is 13.3 Å². The van der Waals surface area contributed by atoms with Crippen molar-refractivity contribution in [2.24, 2.45) is 0 Å². The second-order valence-corrected chi connectivity index (χ2v) is 2.57. The Morgan fingerprint density at radius 3 is 2.73 bits per heavy atom. The van der Waals surface area contributed by atoms with E-state index >= 15 is 0 Å². The van der Waals surface area contributed by atoms with Crippen molar-refractivity contribution in [3.8, 4) is 0 Å². The molecule has 0 saturated carbocycles. The molecule has 0 aliphatic heterocycles. The van der Waals surface area contributed by atoms with Crippen LogP contribution in [0.1, 0.15) is 26.7 Å². The van der Waals surface area contributed by atoms with E-state index in [4.69, 9.17) is 4.74 Å². The summed E-state index contributed by atoms with van der Waals surface area (Å²) in [5.74, 6) is -0.298. The topological polar surface area (TPSA) is 35.5 Å². The highest BCUT2D eigenvalue weighted by Crippen LogP contribution is 2.00. The summed E-state index contributed by atoms with van der Waals surface area (Å²) in [4.78, 5) is 10.9. The molecule has 0 amide bonds. The first-order valence-electron chi connectivity index (χ1n) is 3.74. The van der Waals surface area contributed by atoms with Crippen LogP contribution < -0.4 is 0 Å². The van der Waals surface area contributed by atoms with Gasteiger partial charge in [0.05, 0.1) is 6.61 Å². The SMILES string of the molecule is CCCCOC(=O)C(C)OP. The van der Waals surface area contributed by atoms with Crippen LogP contribution in [0.15, 0.2) is 0 Å². The van der Waals surface area contributed by atoms with Gasteiger partial charge in [0.1, 0.15) is 0 Å². The fraction of sp³-hybridized carbons (Fsp3) is 0.857. The maximum Gasteiger partial charge on any atom is 0.335 e. The van der Waals surface area contributed by atoms with E-state index in [1.807, 2.05) is 16.4 Å². The van der Waals surface area contributed by atoms with Crippen molar-refractivity contribution >= 4 is 15.4 Å². The molecule has 3 nitrogen and oxygen atoms in total. The first-order valence-corrected chi connectivity index (χ1v) is 4.21. The fourth-order valence-electron chi connectivity index (χ4n) is 0.490. The Balaban J connectivity index is 3.36. The number of esters is 1. The van der Waals surface area contributed by atoms with Crippen LogP contribution in [0.3, 0.4) is 0 Å². The van der Waals surface area contributed by atoms with Crippen molar-refractivity contribution in [1.82, 2.24) is 0 Å². The summed E-state index contributed by atoms with van der Waals surface area (Å²) in [5.41, 5.74) is 0. The largest absolute Gasteiger partial charge is 0.464 e. The van der Waals surface area contributed by atoms with Gasteiger partial charge in [0, 0.05) is 9.47 Å². The predicted octanol–water partition coefficient (Wildman–Crippen LogP) is 1.52. The summed E-state index contributed by atoms with van der Waals surface area (Å²) in [6, 6.07) is 0. The molecule has 0 aromatic carbocycles. The number of ether oxygens (including phenoxy) is 1. The van der Waals surface area contributed by atoms with Crippen LogP contribution in [0.2, 0.25) is 0 Å². The van der Waals surface area contributed by atoms with Gasteiger partial charge in [-0.05, 0) is 13.3 Å². The molecule has 0 aromatic heterocycles. The molecule has 0 heterocycles. The number of hydrogen-bond donors (Lipinski definition) is 0. The van der Waals surface area contributed by atoms with Crippen LogP contribution in [0, 0.1) is 0 Å². The average molecular weight is 178 g/mol. The molecule has 0 spiro atoms. The summed E-state index contributed by atoms with van der Waals surface area (Å²) in [7, 11) is 2.04. The van der Waals surface area contributed by atoms with Crippen LogP contribution in [0.25, 0.3) is 0 Å². The molecule has 2 unspecified atom stereocenters. The maximum atomic E-state index is 10.9. The molecule has 0 bridgehead atoms. The Morgan fingerprint density at radius 2 is 2.27 bits per heavy atom. The van der Waals surface area contributed by atoms with Crippen LogP contribution >= 0.6 is 9.47 Å². The Hall–Kier alpha value is -0.140. The minimum Gasteiger partial charge on any atom is -0.464 e. The molecular formula is C7H15O3P. The second kappa shape index (κ2) is 6.56. The van der Waals surface area contributed by atoms with E-state index in [2.05, 4.69) is 4.52 Å². The van der Waals surface area contributed by atoms with Gasteiger partial charge < -0.3 is 9.26 Å². The standard InChI is InChI=1S/C7H15O3P/c1-3-4-5-9-7(8)6(2)10-11/h6H,3-5,11H2,1-2H3. The van der Waals surface area contributed by atoms with E-state index in [0.717, 1.165) is 12.8 Å². The number of carbonyl (C=O) groups excluding carboxylic acids is 1. The summed E-state index contributed by atoms with van der Waals surface area (Å²) in [6.07, 6.45) is 1.47. The van der Waals surface area contributed by atoms with Gasteiger partial charge in [-0.2, -0.15) is 0 Å². The molecule has 11 heavy (non-hydrogen) atoms. The molecule has 66 valence electrons. The van der Waals surface area contributed by atoms with E-state index in [9.17, 15) is 4.79 Å². The van der Waals surface area contributed by atoms with Crippen molar-refractivity contribution in [3.05, 3.63) is 0 Å². The van der Waals surface area contributed by atoms with Crippen molar-refractivity contribution < 1.29 is 14.1 Å². The lowest BCUT2D eigenvalue weighted by molar-refractivity contribution is -0.150. The zero-order valence-electron chi connectivity index (χ0n) is 7.00. The molecule has 0 aliphatic carbocycles. The molecule has 0 aromatic rings. The predicted molar refractivity (Wildman–Crippen MR) is 46.1 cm³/mol. The van der Waals surface area contributed by atoms with Crippen LogP contribution in [0.5, 0.6) is 0 Å².